The predicted molar refractivity (Wildman–Crippen MR) is 111 cm³/mol. The SMILES string of the molecule is O=C(Cc1ccc(Cl)cc1)OCC(=O)c1ccc(NC(=O)c2ccccc2)cc1. The Morgan fingerprint density at radius 3 is 2.10 bits per heavy atom. The summed E-state index contributed by atoms with van der Waals surface area (Å²) >= 11 is 5.80. The van der Waals surface area contributed by atoms with E-state index in [0.717, 1.165) is 5.56 Å². The normalized spacial score (nSPS) is 10.2. The van der Waals surface area contributed by atoms with Crippen LogP contribution in [0.5, 0.6) is 0 Å². The van der Waals surface area contributed by atoms with Crippen molar-refractivity contribution < 1.29 is 19.1 Å². The van der Waals surface area contributed by atoms with Gasteiger partial charge in [0.05, 0.1) is 6.42 Å². The second-order valence-electron chi connectivity index (χ2n) is 6.28. The number of hydrogen-bond acceptors (Lipinski definition) is 4. The zero-order valence-corrected chi connectivity index (χ0v) is 16.2. The summed E-state index contributed by atoms with van der Waals surface area (Å²) in [5.41, 5.74) is 2.25. The van der Waals surface area contributed by atoms with Gasteiger partial charge in [-0.2, -0.15) is 0 Å². The van der Waals surface area contributed by atoms with Gasteiger partial charge in [0.1, 0.15) is 0 Å². The van der Waals surface area contributed by atoms with Crippen LogP contribution in [0.4, 0.5) is 5.69 Å². The van der Waals surface area contributed by atoms with E-state index in [1.54, 1.807) is 72.8 Å². The van der Waals surface area contributed by atoms with Crippen molar-refractivity contribution in [2.24, 2.45) is 0 Å². The molecule has 0 spiro atoms. The minimum Gasteiger partial charge on any atom is -0.457 e. The van der Waals surface area contributed by atoms with Gasteiger partial charge < -0.3 is 10.1 Å². The Balaban J connectivity index is 1.50. The van der Waals surface area contributed by atoms with Crippen LogP contribution < -0.4 is 5.32 Å². The molecule has 0 aromatic heterocycles. The summed E-state index contributed by atoms with van der Waals surface area (Å²) in [7, 11) is 0. The van der Waals surface area contributed by atoms with Crippen LogP contribution >= 0.6 is 11.6 Å². The number of ether oxygens (including phenoxy) is 1. The Hall–Kier alpha value is -3.44. The minimum absolute atomic E-state index is 0.0644. The molecule has 0 saturated heterocycles. The van der Waals surface area contributed by atoms with E-state index >= 15 is 0 Å². The predicted octanol–water partition coefficient (Wildman–Crippen LogP) is 4.56. The molecule has 0 bridgehead atoms. The highest BCUT2D eigenvalue weighted by atomic mass is 35.5. The number of amides is 1. The summed E-state index contributed by atoms with van der Waals surface area (Å²) in [6.45, 7) is -0.345. The molecule has 0 fully saturated rings. The molecular weight excluding hydrogens is 390 g/mol. The van der Waals surface area contributed by atoms with Crippen molar-refractivity contribution in [1.29, 1.82) is 0 Å². The van der Waals surface area contributed by atoms with Gasteiger partial charge in [-0.15, -0.1) is 0 Å². The van der Waals surface area contributed by atoms with Crippen LogP contribution in [0.2, 0.25) is 5.02 Å². The number of carbonyl (C=O) groups excluding carboxylic acids is 3. The van der Waals surface area contributed by atoms with Crippen molar-refractivity contribution in [1.82, 2.24) is 0 Å². The lowest BCUT2D eigenvalue weighted by Crippen LogP contribution is -2.16. The molecule has 29 heavy (non-hydrogen) atoms. The van der Waals surface area contributed by atoms with Crippen molar-refractivity contribution in [2.75, 3.05) is 11.9 Å². The minimum atomic E-state index is -0.493. The van der Waals surface area contributed by atoms with Crippen LogP contribution in [0, 0.1) is 0 Å². The highest BCUT2D eigenvalue weighted by Crippen LogP contribution is 2.13. The maximum Gasteiger partial charge on any atom is 0.310 e. The number of anilines is 1. The lowest BCUT2D eigenvalue weighted by Gasteiger charge is -2.07. The summed E-state index contributed by atoms with van der Waals surface area (Å²) < 4.78 is 5.05. The Bertz CT molecular complexity index is 999. The van der Waals surface area contributed by atoms with E-state index in [0.29, 0.717) is 21.8 Å². The van der Waals surface area contributed by atoms with E-state index in [9.17, 15) is 14.4 Å². The summed E-state index contributed by atoms with van der Waals surface area (Å²) in [6.07, 6.45) is 0.0644. The Kier molecular flexibility index (Phi) is 6.76. The fraction of sp³-hybridized carbons (Fsp3) is 0.0870. The highest BCUT2D eigenvalue weighted by molar-refractivity contribution is 6.30. The summed E-state index contributed by atoms with van der Waals surface area (Å²) in [6, 6.07) is 22.1. The molecular formula is C23H18ClNO4. The first-order valence-corrected chi connectivity index (χ1v) is 9.29. The second-order valence-corrected chi connectivity index (χ2v) is 6.72. The molecule has 0 heterocycles. The molecule has 0 aliphatic rings. The first-order chi connectivity index (χ1) is 14.0. The van der Waals surface area contributed by atoms with E-state index in [4.69, 9.17) is 16.3 Å². The molecule has 146 valence electrons. The molecule has 5 nitrogen and oxygen atoms in total. The molecule has 3 aromatic carbocycles. The molecule has 0 aliphatic heterocycles. The van der Waals surface area contributed by atoms with Crippen molar-refractivity contribution >= 4 is 34.9 Å². The molecule has 1 N–H and O–H groups in total. The first kappa shape index (κ1) is 20.3. The summed E-state index contributed by atoms with van der Waals surface area (Å²) in [4.78, 5) is 36.2. The zero-order valence-electron chi connectivity index (χ0n) is 15.4. The Morgan fingerprint density at radius 2 is 1.45 bits per heavy atom. The third-order valence-electron chi connectivity index (χ3n) is 4.13. The number of carbonyl (C=O) groups is 3. The van der Waals surface area contributed by atoms with Crippen LogP contribution in [-0.2, 0) is 16.0 Å². The number of nitrogens with one attached hydrogen (secondary N) is 1. The number of ketones is 1. The van der Waals surface area contributed by atoms with Crippen molar-refractivity contribution in [3.8, 4) is 0 Å². The molecule has 6 heteroatoms. The first-order valence-electron chi connectivity index (χ1n) is 8.91. The Morgan fingerprint density at radius 1 is 0.793 bits per heavy atom. The molecule has 0 radical (unpaired) electrons. The van der Waals surface area contributed by atoms with Crippen LogP contribution in [-0.4, -0.2) is 24.3 Å². The zero-order chi connectivity index (χ0) is 20.6. The van der Waals surface area contributed by atoms with Gasteiger partial charge in [0.15, 0.2) is 12.4 Å². The van der Waals surface area contributed by atoms with Crippen molar-refractivity contribution in [2.45, 2.75) is 6.42 Å². The Labute approximate surface area is 173 Å². The smallest absolute Gasteiger partial charge is 0.310 e. The van der Waals surface area contributed by atoms with Gasteiger partial charge in [-0.05, 0) is 54.1 Å². The molecule has 3 rings (SSSR count). The van der Waals surface area contributed by atoms with Crippen LogP contribution in [0.3, 0.4) is 0 Å². The van der Waals surface area contributed by atoms with E-state index < -0.39 is 5.97 Å². The summed E-state index contributed by atoms with van der Waals surface area (Å²) in [5, 5.41) is 3.34. The summed E-state index contributed by atoms with van der Waals surface area (Å²) in [5.74, 6) is -1.05. The second kappa shape index (κ2) is 9.66. The largest absolute Gasteiger partial charge is 0.457 e. The van der Waals surface area contributed by atoms with E-state index in [2.05, 4.69) is 5.32 Å². The van der Waals surface area contributed by atoms with Gasteiger partial charge >= 0.3 is 5.97 Å². The van der Waals surface area contributed by atoms with Crippen LogP contribution in [0.1, 0.15) is 26.3 Å². The van der Waals surface area contributed by atoms with Crippen LogP contribution in [0.15, 0.2) is 78.9 Å². The molecule has 0 atom stereocenters. The average Bonchev–Trinajstić information content (AvgIpc) is 2.75. The third-order valence-corrected chi connectivity index (χ3v) is 4.38. The van der Waals surface area contributed by atoms with Gasteiger partial charge in [0.2, 0.25) is 0 Å². The average molecular weight is 408 g/mol. The van der Waals surface area contributed by atoms with Crippen LogP contribution in [0.25, 0.3) is 0 Å². The molecule has 0 unspecified atom stereocenters. The van der Waals surface area contributed by atoms with Gasteiger partial charge in [-0.25, -0.2) is 0 Å². The van der Waals surface area contributed by atoms with Gasteiger partial charge in [-0.1, -0.05) is 41.9 Å². The van der Waals surface area contributed by atoms with Gasteiger partial charge in [0, 0.05) is 21.8 Å². The monoisotopic (exact) mass is 407 g/mol. The number of halogens is 1. The highest BCUT2D eigenvalue weighted by Gasteiger charge is 2.11. The molecule has 0 saturated carbocycles. The maximum absolute atomic E-state index is 12.2. The fourth-order valence-electron chi connectivity index (χ4n) is 2.58. The number of Topliss-reactive ketones (excluding diaryl/α,β-unsaturated/α-hetero) is 1. The van der Waals surface area contributed by atoms with Gasteiger partial charge in [0.25, 0.3) is 5.91 Å². The number of esters is 1. The topological polar surface area (TPSA) is 72.5 Å². The fourth-order valence-corrected chi connectivity index (χ4v) is 2.71. The quantitative estimate of drug-likeness (QED) is 0.460. The van der Waals surface area contributed by atoms with Crippen molar-refractivity contribution in [3.05, 3.63) is 101 Å². The van der Waals surface area contributed by atoms with Crippen molar-refractivity contribution in [3.63, 3.8) is 0 Å². The number of benzene rings is 3. The molecule has 1 amide bonds. The lowest BCUT2D eigenvalue weighted by atomic mass is 10.1. The number of hydrogen-bond donors (Lipinski definition) is 1. The van der Waals surface area contributed by atoms with Gasteiger partial charge in [-0.3, -0.25) is 14.4 Å². The standard InChI is InChI=1S/C23H18ClNO4/c24-19-10-6-16(7-11-19)14-22(27)29-15-21(26)17-8-12-20(13-9-17)25-23(28)18-4-2-1-3-5-18/h1-13H,14-15H2,(H,25,28). The van der Waals surface area contributed by atoms with E-state index in [1.807, 2.05) is 6.07 Å². The van der Waals surface area contributed by atoms with E-state index in [-0.39, 0.29) is 24.7 Å². The van der Waals surface area contributed by atoms with E-state index in [1.165, 1.54) is 0 Å². The molecule has 0 aliphatic carbocycles. The maximum atomic E-state index is 12.2. The lowest BCUT2D eigenvalue weighted by molar-refractivity contribution is -0.141. The number of rotatable bonds is 7. The third kappa shape index (κ3) is 6.02. The molecule has 3 aromatic rings.